The molecule has 0 spiro atoms. The Morgan fingerprint density at radius 1 is 0.658 bits per heavy atom. The molecule has 38 heavy (non-hydrogen) atoms. The fourth-order valence-electron chi connectivity index (χ4n) is 5.96. The third-order valence-electron chi connectivity index (χ3n) is 7.62. The van der Waals surface area contributed by atoms with Gasteiger partial charge in [0.2, 0.25) is 0 Å². The van der Waals surface area contributed by atoms with E-state index in [4.69, 9.17) is 28.0 Å². The van der Waals surface area contributed by atoms with Crippen molar-refractivity contribution in [2.75, 3.05) is 28.4 Å². The Kier molecular flexibility index (Phi) is 6.04. The molecule has 12 heteroatoms. The molecule has 0 bridgehead atoms. The van der Waals surface area contributed by atoms with Gasteiger partial charge in [-0.2, -0.15) is 0 Å². The predicted octanol–water partition coefficient (Wildman–Crippen LogP) is 1.70. The summed E-state index contributed by atoms with van der Waals surface area (Å²) in [5, 5.41) is 8.12. The largest absolute Gasteiger partial charge is 0.468 e. The number of benzene rings is 1. The third-order valence-corrected chi connectivity index (χ3v) is 7.62. The van der Waals surface area contributed by atoms with Crippen LogP contribution >= 0.6 is 0 Å². The van der Waals surface area contributed by atoms with E-state index in [0.29, 0.717) is 33.6 Å². The maximum absolute atomic E-state index is 13.1. The molecule has 12 nitrogen and oxygen atoms in total. The summed E-state index contributed by atoms with van der Waals surface area (Å²) in [7, 11) is 4.79. The summed E-state index contributed by atoms with van der Waals surface area (Å²) in [4.78, 5) is 52.3. The molecule has 2 atom stereocenters. The van der Waals surface area contributed by atoms with E-state index in [-0.39, 0.29) is 12.8 Å². The summed E-state index contributed by atoms with van der Waals surface area (Å²) >= 11 is 0. The van der Waals surface area contributed by atoms with Crippen molar-refractivity contribution in [1.82, 2.24) is 10.3 Å². The van der Waals surface area contributed by atoms with Gasteiger partial charge in [-0.3, -0.25) is 19.2 Å². The summed E-state index contributed by atoms with van der Waals surface area (Å²) < 4.78 is 30.4. The molecule has 2 heterocycles. The van der Waals surface area contributed by atoms with Crippen molar-refractivity contribution in [3.05, 3.63) is 70.4 Å². The van der Waals surface area contributed by atoms with Gasteiger partial charge in [-0.25, -0.2) is 0 Å². The molecule has 0 amide bonds. The first kappa shape index (κ1) is 25.2. The van der Waals surface area contributed by atoms with Gasteiger partial charge in [-0.1, -0.05) is 34.6 Å². The zero-order valence-corrected chi connectivity index (χ0v) is 21.0. The van der Waals surface area contributed by atoms with E-state index >= 15 is 0 Å². The standard InChI is InChI=1S/C26H24N2O10/c1-33-21(29)25(22(30)34-2)9-15-11-37-27-19(15)17(25)13-5-7-14(8-6-13)18-20-16(12-38-28-20)10-26(18,23(31)35-3)24(32)36-4/h5-8,11-12,17-18H,9-10H2,1-4H3. The van der Waals surface area contributed by atoms with Crippen LogP contribution in [0.4, 0.5) is 0 Å². The summed E-state index contributed by atoms with van der Waals surface area (Å²) in [6, 6.07) is 6.73. The van der Waals surface area contributed by atoms with E-state index in [1.165, 1.54) is 41.0 Å². The number of fused-ring (bicyclic) bond motifs is 2. The molecule has 0 saturated carbocycles. The molecular weight excluding hydrogens is 500 g/mol. The third kappa shape index (κ3) is 3.22. The van der Waals surface area contributed by atoms with Crippen molar-refractivity contribution < 1.29 is 47.2 Å². The number of methoxy groups -OCH3 is 4. The van der Waals surface area contributed by atoms with Gasteiger partial charge in [0.15, 0.2) is 10.8 Å². The molecule has 0 fully saturated rings. The molecule has 0 saturated heterocycles. The lowest BCUT2D eigenvalue weighted by Gasteiger charge is -2.31. The van der Waals surface area contributed by atoms with E-state index < -0.39 is 46.5 Å². The fourth-order valence-corrected chi connectivity index (χ4v) is 5.96. The zero-order valence-electron chi connectivity index (χ0n) is 21.0. The number of rotatable bonds is 6. The lowest BCUT2D eigenvalue weighted by Crippen LogP contribution is -2.45. The zero-order chi connectivity index (χ0) is 27.2. The molecule has 3 aromatic rings. The molecule has 2 unspecified atom stereocenters. The first-order valence-electron chi connectivity index (χ1n) is 11.6. The highest BCUT2D eigenvalue weighted by Crippen LogP contribution is 2.54. The summed E-state index contributed by atoms with van der Waals surface area (Å²) in [5.74, 6) is -4.82. The first-order chi connectivity index (χ1) is 18.3. The topological polar surface area (TPSA) is 157 Å². The van der Waals surface area contributed by atoms with Gasteiger partial charge in [-0.05, 0) is 11.1 Å². The van der Waals surface area contributed by atoms with E-state index in [1.807, 2.05) is 0 Å². The Labute approximate surface area is 216 Å². The highest BCUT2D eigenvalue weighted by Gasteiger charge is 2.63. The Hall–Kier alpha value is -4.48. The molecule has 198 valence electrons. The first-order valence-corrected chi connectivity index (χ1v) is 11.6. The second-order valence-corrected chi connectivity index (χ2v) is 9.25. The van der Waals surface area contributed by atoms with Gasteiger partial charge in [0.25, 0.3) is 0 Å². The molecule has 1 aromatic carbocycles. The maximum Gasteiger partial charge on any atom is 0.324 e. The molecule has 0 N–H and O–H groups in total. The summed E-state index contributed by atoms with van der Waals surface area (Å²) in [5.41, 5.74) is -0.378. The number of hydrogen-bond donors (Lipinski definition) is 0. The second kappa shape index (κ2) is 9.12. The number of nitrogens with zero attached hydrogens (tertiary/aromatic N) is 2. The van der Waals surface area contributed by atoms with Crippen LogP contribution in [0.2, 0.25) is 0 Å². The second-order valence-electron chi connectivity index (χ2n) is 9.25. The van der Waals surface area contributed by atoms with E-state index in [0.717, 1.165) is 0 Å². The highest BCUT2D eigenvalue weighted by atomic mass is 16.6. The van der Waals surface area contributed by atoms with Crippen LogP contribution in [-0.4, -0.2) is 62.6 Å². The van der Waals surface area contributed by atoms with Crippen LogP contribution in [0.1, 0.15) is 45.5 Å². The fraction of sp³-hybridized carbons (Fsp3) is 0.385. The van der Waals surface area contributed by atoms with Crippen LogP contribution in [0.5, 0.6) is 0 Å². The number of esters is 4. The van der Waals surface area contributed by atoms with Crippen LogP contribution in [0.25, 0.3) is 0 Å². The average Bonchev–Trinajstić information content (AvgIpc) is 3.71. The van der Waals surface area contributed by atoms with Crippen LogP contribution in [0, 0.1) is 10.8 Å². The summed E-state index contributed by atoms with van der Waals surface area (Å²) in [6.45, 7) is 0. The van der Waals surface area contributed by atoms with Crippen LogP contribution in [0.15, 0.2) is 45.8 Å². The predicted molar refractivity (Wildman–Crippen MR) is 123 cm³/mol. The molecule has 0 radical (unpaired) electrons. The van der Waals surface area contributed by atoms with Crippen LogP contribution < -0.4 is 0 Å². The lowest BCUT2D eigenvalue weighted by molar-refractivity contribution is -0.171. The number of carbonyl (C=O) groups excluding carboxylic acids is 4. The average molecular weight is 524 g/mol. The quantitative estimate of drug-likeness (QED) is 0.261. The smallest absolute Gasteiger partial charge is 0.324 e. The number of aromatic nitrogens is 2. The van der Waals surface area contributed by atoms with E-state index in [1.54, 1.807) is 24.3 Å². The Balaban J connectivity index is 1.64. The summed E-state index contributed by atoms with van der Waals surface area (Å²) in [6.07, 6.45) is 2.73. The van der Waals surface area contributed by atoms with Crippen molar-refractivity contribution in [3.8, 4) is 0 Å². The van der Waals surface area contributed by atoms with Gasteiger partial charge >= 0.3 is 23.9 Å². The number of hydrogen-bond acceptors (Lipinski definition) is 12. The van der Waals surface area contributed by atoms with Gasteiger partial charge in [0, 0.05) is 24.0 Å². The minimum absolute atomic E-state index is 0.0175. The Morgan fingerprint density at radius 3 is 1.26 bits per heavy atom. The van der Waals surface area contributed by atoms with E-state index in [2.05, 4.69) is 10.3 Å². The maximum atomic E-state index is 13.1. The Morgan fingerprint density at radius 2 is 0.974 bits per heavy atom. The molecule has 5 rings (SSSR count). The number of carbonyl (C=O) groups is 4. The molecule has 2 aliphatic carbocycles. The highest BCUT2D eigenvalue weighted by molar-refractivity contribution is 6.04. The van der Waals surface area contributed by atoms with Crippen LogP contribution in [-0.2, 0) is 51.0 Å². The minimum atomic E-state index is -1.71. The molecule has 0 aliphatic heterocycles. The van der Waals surface area contributed by atoms with Crippen molar-refractivity contribution >= 4 is 23.9 Å². The van der Waals surface area contributed by atoms with Crippen molar-refractivity contribution in [1.29, 1.82) is 0 Å². The minimum Gasteiger partial charge on any atom is -0.468 e. The molecule has 2 aromatic heterocycles. The van der Waals surface area contributed by atoms with Crippen molar-refractivity contribution in [2.24, 2.45) is 10.8 Å². The SMILES string of the molecule is COC(=O)C1(C(=O)OC)Cc2conc2C1c1ccc(C2c3nocc3CC2(C(=O)OC)C(=O)OC)cc1. The molecule has 2 aliphatic rings. The lowest BCUT2D eigenvalue weighted by atomic mass is 9.71. The van der Waals surface area contributed by atoms with Crippen molar-refractivity contribution in [2.45, 2.75) is 24.7 Å². The molecular formula is C26H24N2O10. The number of ether oxygens (including phenoxy) is 4. The van der Waals surface area contributed by atoms with E-state index in [9.17, 15) is 19.2 Å². The van der Waals surface area contributed by atoms with Gasteiger partial charge in [0.1, 0.15) is 12.5 Å². The van der Waals surface area contributed by atoms with Gasteiger partial charge in [-0.15, -0.1) is 0 Å². The Bertz CT molecular complexity index is 1280. The normalized spacial score (nSPS) is 20.2. The van der Waals surface area contributed by atoms with Gasteiger partial charge < -0.3 is 28.0 Å². The van der Waals surface area contributed by atoms with Crippen molar-refractivity contribution in [3.63, 3.8) is 0 Å². The monoisotopic (exact) mass is 524 g/mol. The van der Waals surface area contributed by atoms with Crippen LogP contribution in [0.3, 0.4) is 0 Å². The van der Waals surface area contributed by atoms with Gasteiger partial charge in [0.05, 0.1) is 51.7 Å².